The summed E-state index contributed by atoms with van der Waals surface area (Å²) in [5.74, 6) is 0. The second-order valence-electron chi connectivity index (χ2n) is 4.70. The summed E-state index contributed by atoms with van der Waals surface area (Å²) in [7, 11) is 1.95. The average Bonchev–Trinajstić information content (AvgIpc) is 2.49. The Morgan fingerprint density at radius 1 is 1.26 bits per heavy atom. The molecule has 1 saturated heterocycles. The number of benzene rings is 1. The molecule has 1 aliphatic rings. The molecule has 1 fully saturated rings. The number of hydrogen-bond acceptors (Lipinski definition) is 4. The van der Waals surface area contributed by atoms with E-state index in [0.29, 0.717) is 19.8 Å². The molecule has 1 aromatic heterocycles. The first-order valence-electron chi connectivity index (χ1n) is 6.59. The molecule has 0 amide bonds. The maximum Gasteiger partial charge on any atom is 0.100 e. The van der Waals surface area contributed by atoms with Crippen LogP contribution in [0, 0.1) is 0 Å². The highest BCUT2D eigenvalue weighted by Crippen LogP contribution is 2.27. The predicted octanol–water partition coefficient (Wildman–Crippen LogP) is 1.91. The summed E-state index contributed by atoms with van der Waals surface area (Å²) in [5, 5.41) is 5.70. The van der Waals surface area contributed by atoms with Gasteiger partial charge in [0.15, 0.2) is 0 Å². The van der Waals surface area contributed by atoms with Gasteiger partial charge < -0.3 is 14.8 Å². The Balaban J connectivity index is 2.00. The summed E-state index contributed by atoms with van der Waals surface area (Å²) in [4.78, 5) is 4.34. The van der Waals surface area contributed by atoms with Gasteiger partial charge in [-0.1, -0.05) is 24.3 Å². The lowest BCUT2D eigenvalue weighted by Crippen LogP contribution is -2.39. The van der Waals surface area contributed by atoms with Gasteiger partial charge >= 0.3 is 0 Å². The van der Waals surface area contributed by atoms with Crippen molar-refractivity contribution in [3.05, 3.63) is 42.2 Å². The van der Waals surface area contributed by atoms with Gasteiger partial charge in [0.05, 0.1) is 25.9 Å². The Morgan fingerprint density at radius 2 is 2.16 bits per heavy atom. The third kappa shape index (κ3) is 2.47. The zero-order chi connectivity index (χ0) is 13.1. The van der Waals surface area contributed by atoms with Crippen molar-refractivity contribution in [1.29, 1.82) is 0 Å². The molecular formula is C15H18N2O2. The van der Waals surface area contributed by atoms with Crippen molar-refractivity contribution in [3.63, 3.8) is 0 Å². The highest BCUT2D eigenvalue weighted by Gasteiger charge is 2.26. The van der Waals surface area contributed by atoms with Crippen LogP contribution in [0.1, 0.15) is 11.6 Å². The van der Waals surface area contributed by atoms with Crippen LogP contribution in [0.5, 0.6) is 0 Å². The third-order valence-electron chi connectivity index (χ3n) is 3.56. The van der Waals surface area contributed by atoms with Crippen LogP contribution in [0.15, 0.2) is 36.7 Å². The van der Waals surface area contributed by atoms with Crippen molar-refractivity contribution in [3.8, 4) is 0 Å². The number of ether oxygens (including phenoxy) is 2. The minimum atomic E-state index is 0.0337. The SMILES string of the molecule is CNC(c1cncc2ccccc12)C1COCCO1. The van der Waals surface area contributed by atoms with Gasteiger partial charge in [-0.05, 0) is 18.0 Å². The zero-order valence-electron chi connectivity index (χ0n) is 11.0. The molecule has 19 heavy (non-hydrogen) atoms. The molecule has 4 nitrogen and oxygen atoms in total. The van der Waals surface area contributed by atoms with E-state index in [1.807, 2.05) is 25.5 Å². The molecule has 2 aromatic rings. The molecule has 0 spiro atoms. The lowest BCUT2D eigenvalue weighted by molar-refractivity contribution is -0.101. The van der Waals surface area contributed by atoms with E-state index in [4.69, 9.17) is 9.47 Å². The van der Waals surface area contributed by atoms with Crippen LogP contribution in [0.3, 0.4) is 0 Å². The lowest BCUT2D eigenvalue weighted by atomic mass is 9.97. The number of likely N-dealkylation sites (N-methyl/N-ethyl adjacent to an activating group) is 1. The standard InChI is InChI=1S/C15H18N2O2/c1-16-15(14-10-18-6-7-19-14)13-9-17-8-11-4-2-3-5-12(11)13/h2-5,8-9,14-16H,6-7,10H2,1H3. The summed E-state index contributed by atoms with van der Waals surface area (Å²) in [6.07, 6.45) is 3.84. The molecule has 4 heteroatoms. The number of hydrogen-bond donors (Lipinski definition) is 1. The number of fused-ring (bicyclic) bond motifs is 1. The Bertz CT molecular complexity index is 547. The molecule has 2 atom stereocenters. The number of nitrogens with zero attached hydrogens (tertiary/aromatic N) is 1. The van der Waals surface area contributed by atoms with Crippen LogP contribution >= 0.6 is 0 Å². The molecule has 0 saturated carbocycles. The fourth-order valence-corrected chi connectivity index (χ4v) is 2.63. The van der Waals surface area contributed by atoms with Crippen molar-refractivity contribution in [2.24, 2.45) is 0 Å². The summed E-state index contributed by atoms with van der Waals surface area (Å²) in [6, 6.07) is 8.38. The van der Waals surface area contributed by atoms with Gasteiger partial charge in [0.2, 0.25) is 0 Å². The summed E-state index contributed by atoms with van der Waals surface area (Å²) >= 11 is 0. The molecular weight excluding hydrogens is 240 g/mol. The number of rotatable bonds is 3. The molecule has 0 aliphatic carbocycles. The Morgan fingerprint density at radius 3 is 2.95 bits per heavy atom. The summed E-state index contributed by atoms with van der Waals surface area (Å²) < 4.78 is 11.3. The highest BCUT2D eigenvalue weighted by molar-refractivity contribution is 5.85. The van der Waals surface area contributed by atoms with E-state index in [0.717, 1.165) is 10.9 Å². The molecule has 0 radical (unpaired) electrons. The van der Waals surface area contributed by atoms with Crippen LogP contribution < -0.4 is 5.32 Å². The number of aromatic nitrogens is 1. The maximum absolute atomic E-state index is 5.82. The lowest BCUT2D eigenvalue weighted by Gasteiger charge is -2.31. The van der Waals surface area contributed by atoms with Gasteiger partial charge in [-0.3, -0.25) is 4.98 Å². The zero-order valence-corrected chi connectivity index (χ0v) is 11.0. The monoisotopic (exact) mass is 258 g/mol. The van der Waals surface area contributed by atoms with Crippen molar-refractivity contribution in [1.82, 2.24) is 10.3 Å². The minimum absolute atomic E-state index is 0.0337. The second-order valence-corrected chi connectivity index (χ2v) is 4.70. The molecule has 2 heterocycles. The largest absolute Gasteiger partial charge is 0.376 e. The van der Waals surface area contributed by atoms with E-state index >= 15 is 0 Å². The van der Waals surface area contributed by atoms with Gasteiger partial charge in [0.1, 0.15) is 6.10 Å². The van der Waals surface area contributed by atoms with E-state index in [1.54, 1.807) is 0 Å². The van der Waals surface area contributed by atoms with Crippen LogP contribution in [-0.4, -0.2) is 38.0 Å². The number of pyridine rings is 1. The van der Waals surface area contributed by atoms with E-state index in [-0.39, 0.29) is 12.1 Å². The van der Waals surface area contributed by atoms with Crippen molar-refractivity contribution in [2.45, 2.75) is 12.1 Å². The molecule has 1 aromatic carbocycles. The topological polar surface area (TPSA) is 43.4 Å². The first kappa shape index (κ1) is 12.5. The molecule has 1 N–H and O–H groups in total. The quantitative estimate of drug-likeness (QED) is 0.913. The fourth-order valence-electron chi connectivity index (χ4n) is 2.63. The van der Waals surface area contributed by atoms with Crippen LogP contribution in [0.25, 0.3) is 10.8 Å². The van der Waals surface area contributed by atoms with E-state index in [9.17, 15) is 0 Å². The molecule has 3 rings (SSSR count). The van der Waals surface area contributed by atoms with E-state index < -0.39 is 0 Å². The van der Waals surface area contributed by atoms with E-state index in [1.165, 1.54) is 5.39 Å². The van der Waals surface area contributed by atoms with Gasteiger partial charge in [0.25, 0.3) is 0 Å². The highest BCUT2D eigenvalue weighted by atomic mass is 16.6. The van der Waals surface area contributed by atoms with Crippen LogP contribution in [-0.2, 0) is 9.47 Å². The van der Waals surface area contributed by atoms with Crippen molar-refractivity contribution < 1.29 is 9.47 Å². The normalized spacial score (nSPS) is 21.4. The van der Waals surface area contributed by atoms with E-state index in [2.05, 4.69) is 28.5 Å². The van der Waals surface area contributed by atoms with Crippen molar-refractivity contribution in [2.75, 3.05) is 26.9 Å². The van der Waals surface area contributed by atoms with Crippen LogP contribution in [0.2, 0.25) is 0 Å². The van der Waals surface area contributed by atoms with Crippen molar-refractivity contribution >= 4 is 10.8 Å². The second kappa shape index (κ2) is 5.65. The molecule has 2 unspecified atom stereocenters. The average molecular weight is 258 g/mol. The first-order valence-corrected chi connectivity index (χ1v) is 6.59. The molecule has 0 bridgehead atoms. The molecule has 100 valence electrons. The predicted molar refractivity (Wildman–Crippen MR) is 74.1 cm³/mol. The minimum Gasteiger partial charge on any atom is -0.376 e. The Labute approximate surface area is 112 Å². The van der Waals surface area contributed by atoms with Gasteiger partial charge in [-0.2, -0.15) is 0 Å². The Hall–Kier alpha value is -1.49. The third-order valence-corrected chi connectivity index (χ3v) is 3.56. The number of nitrogens with one attached hydrogen (secondary N) is 1. The maximum atomic E-state index is 5.82. The Kier molecular flexibility index (Phi) is 3.73. The summed E-state index contributed by atoms with van der Waals surface area (Å²) in [6.45, 7) is 1.95. The fraction of sp³-hybridized carbons (Fsp3) is 0.400. The van der Waals surface area contributed by atoms with Gasteiger partial charge in [-0.25, -0.2) is 0 Å². The summed E-state index contributed by atoms with van der Waals surface area (Å²) in [5.41, 5.74) is 1.16. The van der Waals surface area contributed by atoms with Crippen LogP contribution in [0.4, 0.5) is 0 Å². The smallest absolute Gasteiger partial charge is 0.100 e. The van der Waals surface area contributed by atoms with Gasteiger partial charge in [-0.15, -0.1) is 0 Å². The van der Waals surface area contributed by atoms with Gasteiger partial charge in [0, 0.05) is 17.8 Å². The molecule has 1 aliphatic heterocycles. The first-order chi connectivity index (χ1) is 9.40.